The smallest absolute Gasteiger partial charge is 0.407 e. The summed E-state index contributed by atoms with van der Waals surface area (Å²) in [5, 5.41) is 14.4. The van der Waals surface area contributed by atoms with Gasteiger partial charge in [-0.1, -0.05) is 11.6 Å². The minimum Gasteiger partial charge on any atom is -0.444 e. The van der Waals surface area contributed by atoms with Crippen LogP contribution in [0.5, 0.6) is 0 Å². The van der Waals surface area contributed by atoms with Gasteiger partial charge in [0.25, 0.3) is 0 Å². The summed E-state index contributed by atoms with van der Waals surface area (Å²) in [5.41, 5.74) is -0.601. The number of rotatable bonds is 5. The van der Waals surface area contributed by atoms with Crippen LogP contribution in [-0.4, -0.2) is 29.3 Å². The van der Waals surface area contributed by atoms with Crippen LogP contribution in [0.3, 0.4) is 0 Å². The van der Waals surface area contributed by atoms with E-state index in [2.05, 4.69) is 15.6 Å². The van der Waals surface area contributed by atoms with Crippen LogP contribution in [0.2, 0.25) is 5.15 Å². The molecule has 0 spiro atoms. The molecule has 8 heteroatoms. The van der Waals surface area contributed by atoms with Gasteiger partial charge in [0.15, 0.2) is 11.6 Å². The van der Waals surface area contributed by atoms with Crippen LogP contribution in [0.4, 0.5) is 15.0 Å². The number of amides is 1. The number of alkyl carbamates (subject to hydrolysis) is 1. The SMILES string of the molecule is CC(C)(C)OC(=O)NCC(Nc1nc(Cl)c(C#N)cc1F)C1CC1. The molecule has 1 aliphatic rings. The molecule has 2 rings (SSSR count). The Hall–Kier alpha value is -2.07. The predicted molar refractivity (Wildman–Crippen MR) is 88.3 cm³/mol. The quantitative estimate of drug-likeness (QED) is 0.791. The van der Waals surface area contributed by atoms with Gasteiger partial charge in [-0.2, -0.15) is 5.26 Å². The minimum atomic E-state index is -0.654. The van der Waals surface area contributed by atoms with Crippen molar-refractivity contribution in [3.05, 3.63) is 22.6 Å². The van der Waals surface area contributed by atoms with Gasteiger partial charge in [-0.3, -0.25) is 0 Å². The molecule has 6 nitrogen and oxygen atoms in total. The number of hydrogen-bond donors (Lipinski definition) is 2. The fraction of sp³-hybridized carbons (Fsp3) is 0.562. The summed E-state index contributed by atoms with van der Waals surface area (Å²) in [6, 6.07) is 2.63. The Balaban J connectivity index is 2.01. The van der Waals surface area contributed by atoms with E-state index in [-0.39, 0.29) is 29.1 Å². The summed E-state index contributed by atoms with van der Waals surface area (Å²) in [4.78, 5) is 15.6. The van der Waals surface area contributed by atoms with Crippen molar-refractivity contribution in [2.75, 3.05) is 11.9 Å². The zero-order valence-corrected chi connectivity index (χ0v) is 14.6. The molecule has 1 amide bonds. The van der Waals surface area contributed by atoms with E-state index in [0.29, 0.717) is 5.92 Å². The first-order valence-electron chi connectivity index (χ1n) is 7.69. The Morgan fingerprint density at radius 1 is 1.58 bits per heavy atom. The summed E-state index contributed by atoms with van der Waals surface area (Å²) < 4.78 is 19.2. The van der Waals surface area contributed by atoms with Crippen LogP contribution < -0.4 is 10.6 Å². The van der Waals surface area contributed by atoms with Crippen LogP contribution in [0.25, 0.3) is 0 Å². The minimum absolute atomic E-state index is 0.0189. The molecule has 0 aliphatic heterocycles. The highest BCUT2D eigenvalue weighted by Gasteiger charge is 2.32. The van der Waals surface area contributed by atoms with Crippen molar-refractivity contribution < 1.29 is 13.9 Å². The van der Waals surface area contributed by atoms with E-state index in [1.165, 1.54) is 0 Å². The normalized spacial score (nSPS) is 15.3. The maximum absolute atomic E-state index is 14.0. The predicted octanol–water partition coefficient (Wildman–Crippen LogP) is 3.46. The van der Waals surface area contributed by atoms with Crippen molar-refractivity contribution in [3.8, 4) is 6.07 Å². The molecule has 1 aromatic heterocycles. The van der Waals surface area contributed by atoms with Crippen molar-refractivity contribution in [1.29, 1.82) is 5.26 Å². The molecule has 1 atom stereocenters. The lowest BCUT2D eigenvalue weighted by atomic mass is 10.2. The van der Waals surface area contributed by atoms with Gasteiger partial charge < -0.3 is 15.4 Å². The molecule has 24 heavy (non-hydrogen) atoms. The van der Waals surface area contributed by atoms with Gasteiger partial charge in [-0.25, -0.2) is 14.2 Å². The Morgan fingerprint density at radius 2 is 2.25 bits per heavy atom. The van der Waals surface area contributed by atoms with Crippen molar-refractivity contribution in [2.24, 2.45) is 5.92 Å². The Morgan fingerprint density at radius 3 is 2.79 bits per heavy atom. The monoisotopic (exact) mass is 354 g/mol. The fourth-order valence-corrected chi connectivity index (χ4v) is 2.34. The summed E-state index contributed by atoms with van der Waals surface area (Å²) in [6.45, 7) is 5.61. The van der Waals surface area contributed by atoms with E-state index < -0.39 is 17.5 Å². The number of hydrogen-bond acceptors (Lipinski definition) is 5. The average molecular weight is 355 g/mol. The molecule has 1 fully saturated rings. The van der Waals surface area contributed by atoms with Gasteiger partial charge in [0.1, 0.15) is 16.8 Å². The second kappa shape index (κ2) is 7.22. The molecule has 1 heterocycles. The third kappa shape index (κ3) is 5.24. The molecule has 0 aromatic carbocycles. The van der Waals surface area contributed by atoms with E-state index in [4.69, 9.17) is 21.6 Å². The molecular formula is C16H20ClFN4O2. The van der Waals surface area contributed by atoms with Gasteiger partial charge in [-0.15, -0.1) is 0 Å². The molecule has 1 unspecified atom stereocenters. The maximum atomic E-state index is 14.0. The van der Waals surface area contributed by atoms with Gasteiger partial charge in [0.2, 0.25) is 0 Å². The molecule has 1 saturated carbocycles. The zero-order chi connectivity index (χ0) is 17.9. The molecule has 0 bridgehead atoms. The topological polar surface area (TPSA) is 87.0 Å². The van der Waals surface area contributed by atoms with Crippen LogP contribution in [0, 0.1) is 23.1 Å². The number of carbonyl (C=O) groups is 1. The molecule has 0 radical (unpaired) electrons. The second-order valence-electron chi connectivity index (χ2n) is 6.74. The van der Waals surface area contributed by atoms with Crippen molar-refractivity contribution in [3.63, 3.8) is 0 Å². The number of nitriles is 1. The number of nitrogens with one attached hydrogen (secondary N) is 2. The van der Waals surface area contributed by atoms with Crippen LogP contribution in [0.15, 0.2) is 6.07 Å². The molecule has 130 valence electrons. The lowest BCUT2D eigenvalue weighted by Crippen LogP contribution is -2.40. The lowest BCUT2D eigenvalue weighted by Gasteiger charge is -2.23. The van der Waals surface area contributed by atoms with Crippen LogP contribution >= 0.6 is 11.6 Å². The first-order chi connectivity index (χ1) is 11.2. The molecule has 1 aromatic rings. The number of carbonyl (C=O) groups excluding carboxylic acids is 1. The van der Waals surface area contributed by atoms with Gasteiger partial charge >= 0.3 is 6.09 Å². The highest BCUT2D eigenvalue weighted by atomic mass is 35.5. The van der Waals surface area contributed by atoms with E-state index in [1.807, 2.05) is 0 Å². The standard InChI is InChI=1S/C16H20ClFN4O2/c1-16(2,3)24-15(23)20-8-12(9-4-5-9)21-14-11(18)6-10(7-19)13(17)22-14/h6,9,12H,4-5,8H2,1-3H3,(H,20,23)(H,21,22). The molecular weight excluding hydrogens is 335 g/mol. The third-order valence-electron chi connectivity index (χ3n) is 3.43. The highest BCUT2D eigenvalue weighted by Crippen LogP contribution is 2.34. The Bertz CT molecular complexity index is 665. The van der Waals surface area contributed by atoms with E-state index in [0.717, 1.165) is 18.9 Å². The first-order valence-corrected chi connectivity index (χ1v) is 8.07. The van der Waals surface area contributed by atoms with E-state index in [9.17, 15) is 9.18 Å². The molecule has 2 N–H and O–H groups in total. The lowest BCUT2D eigenvalue weighted by molar-refractivity contribution is 0.0524. The number of pyridine rings is 1. The van der Waals surface area contributed by atoms with Gasteiger partial charge in [0.05, 0.1) is 5.56 Å². The number of ether oxygens (including phenoxy) is 1. The van der Waals surface area contributed by atoms with E-state index in [1.54, 1.807) is 26.8 Å². The number of anilines is 1. The summed E-state index contributed by atoms with van der Waals surface area (Å²) in [7, 11) is 0. The van der Waals surface area contributed by atoms with Crippen LogP contribution in [0.1, 0.15) is 39.2 Å². The number of halogens is 2. The van der Waals surface area contributed by atoms with Crippen LogP contribution in [-0.2, 0) is 4.74 Å². The zero-order valence-electron chi connectivity index (χ0n) is 13.8. The first kappa shape index (κ1) is 18.3. The summed E-state index contributed by atoms with van der Waals surface area (Å²) in [5.74, 6) is -0.365. The summed E-state index contributed by atoms with van der Waals surface area (Å²) >= 11 is 5.85. The third-order valence-corrected chi connectivity index (χ3v) is 3.72. The van der Waals surface area contributed by atoms with Gasteiger partial charge in [0, 0.05) is 12.6 Å². The fourth-order valence-electron chi connectivity index (χ4n) is 2.16. The highest BCUT2D eigenvalue weighted by molar-refractivity contribution is 6.30. The van der Waals surface area contributed by atoms with E-state index >= 15 is 0 Å². The maximum Gasteiger partial charge on any atom is 0.407 e. The largest absolute Gasteiger partial charge is 0.444 e. The number of aromatic nitrogens is 1. The number of nitrogens with zero attached hydrogens (tertiary/aromatic N) is 2. The second-order valence-corrected chi connectivity index (χ2v) is 7.10. The average Bonchev–Trinajstić information content (AvgIpc) is 3.29. The van der Waals surface area contributed by atoms with Gasteiger partial charge in [-0.05, 0) is 45.6 Å². The molecule has 0 saturated heterocycles. The van der Waals surface area contributed by atoms with Crippen molar-refractivity contribution in [1.82, 2.24) is 10.3 Å². The summed E-state index contributed by atoms with van der Waals surface area (Å²) in [6.07, 6.45) is 1.44. The Labute approximate surface area is 145 Å². The Kier molecular flexibility index (Phi) is 5.50. The van der Waals surface area contributed by atoms with Crippen molar-refractivity contribution in [2.45, 2.75) is 45.3 Å². The van der Waals surface area contributed by atoms with Crippen molar-refractivity contribution >= 4 is 23.5 Å². The molecule has 1 aliphatic carbocycles.